The van der Waals surface area contributed by atoms with Crippen molar-refractivity contribution in [2.45, 2.75) is 13.8 Å². The topological polar surface area (TPSA) is 49.8 Å². The summed E-state index contributed by atoms with van der Waals surface area (Å²) in [6.45, 7) is 5.10. The van der Waals surface area contributed by atoms with Crippen molar-refractivity contribution in [3.05, 3.63) is 34.9 Å². The highest BCUT2D eigenvalue weighted by Crippen LogP contribution is 2.15. The van der Waals surface area contributed by atoms with Gasteiger partial charge >= 0.3 is 0 Å². The van der Waals surface area contributed by atoms with Crippen molar-refractivity contribution in [2.24, 2.45) is 0 Å². The smallest absolute Gasteiger partial charge is 0.254 e. The van der Waals surface area contributed by atoms with Crippen molar-refractivity contribution in [3.63, 3.8) is 0 Å². The lowest BCUT2D eigenvalue weighted by atomic mass is 10.0. The largest absolute Gasteiger partial charge is 0.395 e. The summed E-state index contributed by atoms with van der Waals surface area (Å²) in [5.74, 6) is -0.0447. The molecule has 4 nitrogen and oxygen atoms in total. The molecule has 0 heterocycles. The molecule has 1 amide bonds. The first-order valence-corrected chi connectivity index (χ1v) is 6.07. The summed E-state index contributed by atoms with van der Waals surface area (Å²) in [6, 6.07) is 5.79. The molecule has 1 aromatic carbocycles. The minimum atomic E-state index is -0.0447. The highest BCUT2D eigenvalue weighted by molar-refractivity contribution is 5.97. The number of carbonyl (C=O) groups excluding carboxylic acids is 1. The average Bonchev–Trinajstić information content (AvgIpc) is 2.34. The molecule has 0 radical (unpaired) electrons. The van der Waals surface area contributed by atoms with Gasteiger partial charge in [-0.15, -0.1) is 0 Å². The molecule has 0 spiro atoms. The van der Waals surface area contributed by atoms with Crippen LogP contribution < -0.4 is 0 Å². The van der Waals surface area contributed by atoms with Crippen LogP contribution in [0.4, 0.5) is 0 Å². The number of benzene rings is 1. The second-order valence-electron chi connectivity index (χ2n) is 4.28. The van der Waals surface area contributed by atoms with Crippen molar-refractivity contribution in [1.29, 1.82) is 0 Å². The van der Waals surface area contributed by atoms with E-state index in [9.17, 15) is 4.79 Å². The molecule has 0 aromatic heterocycles. The summed E-state index contributed by atoms with van der Waals surface area (Å²) >= 11 is 0. The van der Waals surface area contributed by atoms with Gasteiger partial charge in [-0.05, 0) is 25.0 Å². The maximum Gasteiger partial charge on any atom is 0.254 e. The lowest BCUT2D eigenvalue weighted by Gasteiger charge is -2.23. The minimum absolute atomic E-state index is 0.0413. The van der Waals surface area contributed by atoms with E-state index in [1.54, 1.807) is 12.0 Å². The molecule has 0 saturated heterocycles. The Labute approximate surface area is 108 Å². The number of hydrogen-bond donors (Lipinski definition) is 1. The van der Waals surface area contributed by atoms with Crippen LogP contribution in [0.25, 0.3) is 0 Å². The van der Waals surface area contributed by atoms with Crippen molar-refractivity contribution in [3.8, 4) is 0 Å². The van der Waals surface area contributed by atoms with E-state index in [-0.39, 0.29) is 12.5 Å². The zero-order valence-corrected chi connectivity index (χ0v) is 11.3. The van der Waals surface area contributed by atoms with Gasteiger partial charge in [-0.1, -0.05) is 18.2 Å². The fourth-order valence-electron chi connectivity index (χ4n) is 1.95. The Morgan fingerprint density at radius 1 is 1.28 bits per heavy atom. The van der Waals surface area contributed by atoms with E-state index in [1.165, 1.54) is 0 Å². The third kappa shape index (κ3) is 3.55. The fraction of sp³-hybridized carbons (Fsp3) is 0.500. The minimum Gasteiger partial charge on any atom is -0.395 e. The van der Waals surface area contributed by atoms with E-state index in [0.29, 0.717) is 19.7 Å². The summed E-state index contributed by atoms with van der Waals surface area (Å²) in [5.41, 5.74) is 2.64. The molecule has 0 atom stereocenters. The van der Waals surface area contributed by atoms with E-state index in [1.807, 2.05) is 32.0 Å². The first-order valence-electron chi connectivity index (χ1n) is 6.07. The monoisotopic (exact) mass is 251 g/mol. The third-order valence-corrected chi connectivity index (χ3v) is 2.92. The molecule has 0 aliphatic carbocycles. The second-order valence-corrected chi connectivity index (χ2v) is 4.28. The van der Waals surface area contributed by atoms with Gasteiger partial charge in [-0.2, -0.15) is 0 Å². The van der Waals surface area contributed by atoms with Crippen LogP contribution in [0, 0.1) is 13.8 Å². The van der Waals surface area contributed by atoms with Crippen molar-refractivity contribution in [2.75, 3.05) is 33.4 Å². The number of amides is 1. The van der Waals surface area contributed by atoms with Gasteiger partial charge in [0.2, 0.25) is 0 Å². The SMILES string of the molecule is COCCN(CCO)C(=O)c1c(C)cccc1C. The molecule has 1 N–H and O–H groups in total. The maximum atomic E-state index is 12.4. The first-order chi connectivity index (χ1) is 8.61. The number of rotatable bonds is 6. The zero-order valence-electron chi connectivity index (χ0n) is 11.3. The Kier molecular flexibility index (Phi) is 5.82. The van der Waals surface area contributed by atoms with Crippen LogP contribution in [-0.4, -0.2) is 49.3 Å². The number of aliphatic hydroxyl groups excluding tert-OH is 1. The number of carbonyl (C=O) groups is 1. The van der Waals surface area contributed by atoms with Gasteiger partial charge in [0.05, 0.1) is 13.2 Å². The number of nitrogens with zero attached hydrogens (tertiary/aromatic N) is 1. The van der Waals surface area contributed by atoms with Gasteiger partial charge in [0.1, 0.15) is 0 Å². The predicted octanol–water partition coefficient (Wildman–Crippen LogP) is 1.38. The van der Waals surface area contributed by atoms with Gasteiger partial charge in [0.15, 0.2) is 0 Å². The molecule has 1 rings (SSSR count). The molecule has 0 aliphatic rings. The van der Waals surface area contributed by atoms with E-state index in [0.717, 1.165) is 16.7 Å². The molecule has 0 unspecified atom stereocenters. The van der Waals surface area contributed by atoms with Crippen molar-refractivity contribution >= 4 is 5.91 Å². The second kappa shape index (κ2) is 7.13. The predicted molar refractivity (Wildman–Crippen MR) is 70.8 cm³/mol. The molecule has 0 aliphatic heterocycles. The zero-order chi connectivity index (χ0) is 13.5. The highest BCUT2D eigenvalue weighted by atomic mass is 16.5. The Hall–Kier alpha value is -1.39. The van der Waals surface area contributed by atoms with Gasteiger partial charge in [-0.25, -0.2) is 0 Å². The van der Waals surface area contributed by atoms with Crippen LogP contribution in [0.1, 0.15) is 21.5 Å². The van der Waals surface area contributed by atoms with E-state index >= 15 is 0 Å². The normalized spacial score (nSPS) is 10.4. The van der Waals surface area contributed by atoms with Crippen LogP contribution >= 0.6 is 0 Å². The van der Waals surface area contributed by atoms with Crippen molar-refractivity contribution < 1.29 is 14.6 Å². The molecular formula is C14H21NO3. The number of ether oxygens (including phenoxy) is 1. The Bertz CT molecular complexity index is 384. The van der Waals surface area contributed by atoms with Gasteiger partial charge in [0, 0.05) is 25.8 Å². The maximum absolute atomic E-state index is 12.4. The molecule has 18 heavy (non-hydrogen) atoms. The van der Waals surface area contributed by atoms with Crippen LogP contribution in [0.5, 0.6) is 0 Å². The summed E-state index contributed by atoms with van der Waals surface area (Å²) in [6.07, 6.45) is 0. The third-order valence-electron chi connectivity index (χ3n) is 2.92. The lowest BCUT2D eigenvalue weighted by molar-refractivity contribution is 0.0655. The van der Waals surface area contributed by atoms with Crippen LogP contribution in [0.15, 0.2) is 18.2 Å². The quantitative estimate of drug-likeness (QED) is 0.831. The number of aliphatic hydroxyl groups is 1. The van der Waals surface area contributed by atoms with Crippen LogP contribution in [-0.2, 0) is 4.74 Å². The average molecular weight is 251 g/mol. The number of methoxy groups -OCH3 is 1. The molecule has 0 bridgehead atoms. The van der Waals surface area contributed by atoms with E-state index < -0.39 is 0 Å². The summed E-state index contributed by atoms with van der Waals surface area (Å²) in [5, 5.41) is 9.04. The molecule has 0 fully saturated rings. The van der Waals surface area contributed by atoms with E-state index in [2.05, 4.69) is 0 Å². The highest BCUT2D eigenvalue weighted by Gasteiger charge is 2.18. The summed E-state index contributed by atoms with van der Waals surface area (Å²) in [4.78, 5) is 14.1. The fourth-order valence-corrected chi connectivity index (χ4v) is 1.95. The Balaban J connectivity index is 2.94. The van der Waals surface area contributed by atoms with Gasteiger partial charge in [0.25, 0.3) is 5.91 Å². The first kappa shape index (κ1) is 14.7. The molecular weight excluding hydrogens is 230 g/mol. The molecule has 100 valence electrons. The number of hydrogen-bond acceptors (Lipinski definition) is 3. The summed E-state index contributed by atoms with van der Waals surface area (Å²) in [7, 11) is 1.60. The van der Waals surface area contributed by atoms with Gasteiger partial charge < -0.3 is 14.7 Å². The molecule has 1 aromatic rings. The summed E-state index contributed by atoms with van der Waals surface area (Å²) < 4.78 is 4.99. The van der Waals surface area contributed by atoms with Crippen LogP contribution in [0.3, 0.4) is 0 Å². The van der Waals surface area contributed by atoms with Crippen molar-refractivity contribution in [1.82, 2.24) is 4.90 Å². The molecule has 4 heteroatoms. The van der Waals surface area contributed by atoms with Gasteiger partial charge in [-0.3, -0.25) is 4.79 Å². The number of aryl methyl sites for hydroxylation is 2. The van der Waals surface area contributed by atoms with E-state index in [4.69, 9.17) is 9.84 Å². The lowest BCUT2D eigenvalue weighted by Crippen LogP contribution is -2.36. The molecule has 0 saturated carbocycles. The Morgan fingerprint density at radius 2 is 1.89 bits per heavy atom. The van der Waals surface area contributed by atoms with Crippen LogP contribution in [0.2, 0.25) is 0 Å². The standard InChI is InChI=1S/C14H21NO3/c1-11-5-4-6-12(2)13(11)14(17)15(7-9-16)8-10-18-3/h4-6,16H,7-10H2,1-3H3. The Morgan fingerprint density at radius 3 is 2.39 bits per heavy atom.